The Balaban J connectivity index is 4.24. The molecular weight excluding hydrogens is 677 g/mol. The van der Waals surface area contributed by atoms with E-state index in [9.17, 15) is 19.0 Å². The minimum atomic E-state index is -4.35. The topological polar surface area (TPSA) is 120 Å². The minimum absolute atomic E-state index is 0.0181. The van der Waals surface area contributed by atoms with Gasteiger partial charge in [-0.15, -0.1) is 0 Å². The standard InChI is InChI=1S/C42H80NO8P/c1-4-6-8-10-12-14-16-18-20-22-24-26-28-30-32-34-41(44)48-38-40(39-50-52(46,47)49-37-36-43-3)51-42(45)35-33-31-29-27-25-23-21-19-17-15-13-11-9-7-5-2/h14,16,19,21,40,43H,4-13,15,17-18,20,22-39H2,1-3H3,(H,46,47)/b16-14-,21-19-. The molecule has 2 N–H and O–H groups in total. The van der Waals surface area contributed by atoms with Crippen LogP contribution in [0.15, 0.2) is 24.3 Å². The van der Waals surface area contributed by atoms with Crippen LogP contribution in [0, 0.1) is 0 Å². The predicted molar refractivity (Wildman–Crippen MR) is 215 cm³/mol. The summed E-state index contributed by atoms with van der Waals surface area (Å²) in [5.74, 6) is -0.818. The Kier molecular flexibility index (Phi) is 38.1. The summed E-state index contributed by atoms with van der Waals surface area (Å²) in [5, 5.41) is 2.82. The molecule has 2 atom stereocenters. The highest BCUT2D eigenvalue weighted by Gasteiger charge is 2.26. The molecule has 0 aromatic heterocycles. The average Bonchev–Trinajstić information content (AvgIpc) is 3.12. The number of likely N-dealkylation sites (N-methyl/N-ethyl adjacent to an activating group) is 1. The normalized spacial score (nSPS) is 13.5. The van der Waals surface area contributed by atoms with Gasteiger partial charge in [-0.3, -0.25) is 18.6 Å². The summed E-state index contributed by atoms with van der Waals surface area (Å²) < 4.78 is 33.1. The minimum Gasteiger partial charge on any atom is -0.462 e. The maximum absolute atomic E-state index is 12.6. The van der Waals surface area contributed by atoms with Crippen LogP contribution in [0.1, 0.15) is 194 Å². The van der Waals surface area contributed by atoms with Gasteiger partial charge in [0.1, 0.15) is 6.61 Å². The number of esters is 2. The van der Waals surface area contributed by atoms with E-state index in [1.165, 1.54) is 103 Å². The molecule has 0 saturated heterocycles. The molecule has 0 heterocycles. The second kappa shape index (κ2) is 39.2. The second-order valence-corrected chi connectivity index (χ2v) is 15.6. The summed E-state index contributed by atoms with van der Waals surface area (Å²) >= 11 is 0. The SMILES string of the molecule is CCCCCC/C=C\CCCCCCCCCC(=O)OCC(COP(=O)(O)OCCNC)OC(=O)CCCCCCC/C=C\CCCCCCCC. The molecule has 0 bridgehead atoms. The van der Waals surface area contributed by atoms with E-state index in [2.05, 4.69) is 43.5 Å². The molecule has 0 rings (SSSR count). The van der Waals surface area contributed by atoms with Crippen molar-refractivity contribution in [3.63, 3.8) is 0 Å². The van der Waals surface area contributed by atoms with Crippen LogP contribution in [-0.4, -0.2) is 56.3 Å². The van der Waals surface area contributed by atoms with Crippen molar-refractivity contribution >= 4 is 19.8 Å². The predicted octanol–water partition coefficient (Wildman–Crippen LogP) is 11.9. The van der Waals surface area contributed by atoms with Crippen molar-refractivity contribution in [1.29, 1.82) is 0 Å². The highest BCUT2D eigenvalue weighted by molar-refractivity contribution is 7.47. The number of carbonyl (C=O) groups excluding carboxylic acids is 2. The zero-order valence-electron chi connectivity index (χ0n) is 33.8. The summed E-state index contributed by atoms with van der Waals surface area (Å²) in [7, 11) is -2.65. The number of nitrogens with one attached hydrogen (secondary N) is 1. The molecule has 0 amide bonds. The van der Waals surface area contributed by atoms with Gasteiger partial charge in [-0.1, -0.05) is 141 Å². The number of ether oxygens (including phenoxy) is 2. The molecule has 0 saturated carbocycles. The van der Waals surface area contributed by atoms with Gasteiger partial charge in [-0.05, 0) is 71.3 Å². The van der Waals surface area contributed by atoms with Crippen LogP contribution in [0.2, 0.25) is 0 Å². The van der Waals surface area contributed by atoms with Crippen LogP contribution < -0.4 is 5.32 Å². The van der Waals surface area contributed by atoms with E-state index in [1.807, 2.05) is 0 Å². The quantitative estimate of drug-likeness (QED) is 0.0272. The summed E-state index contributed by atoms with van der Waals surface area (Å²) in [5.41, 5.74) is 0. The molecular formula is C42H80NO8P. The number of allylic oxidation sites excluding steroid dienone is 4. The summed E-state index contributed by atoms with van der Waals surface area (Å²) in [6.45, 7) is 4.20. The van der Waals surface area contributed by atoms with E-state index >= 15 is 0 Å². The molecule has 0 aliphatic carbocycles. The Labute approximate surface area is 319 Å². The number of phosphoric acid groups is 1. The zero-order valence-corrected chi connectivity index (χ0v) is 34.7. The number of hydrogen-bond acceptors (Lipinski definition) is 8. The first-order valence-corrected chi connectivity index (χ1v) is 22.8. The van der Waals surface area contributed by atoms with Crippen molar-refractivity contribution in [3.05, 3.63) is 24.3 Å². The molecule has 2 unspecified atom stereocenters. The van der Waals surface area contributed by atoms with Gasteiger partial charge in [-0.2, -0.15) is 0 Å². The highest BCUT2D eigenvalue weighted by atomic mass is 31.2. The van der Waals surface area contributed by atoms with Crippen LogP contribution in [0.4, 0.5) is 0 Å². The number of unbranched alkanes of at least 4 members (excludes halogenated alkanes) is 22. The first-order valence-electron chi connectivity index (χ1n) is 21.3. The van der Waals surface area contributed by atoms with Crippen LogP contribution in [-0.2, 0) is 32.7 Å². The fraction of sp³-hybridized carbons (Fsp3) is 0.857. The van der Waals surface area contributed by atoms with Crippen LogP contribution in [0.5, 0.6) is 0 Å². The van der Waals surface area contributed by atoms with Crippen molar-refractivity contribution in [2.75, 3.05) is 33.4 Å². The molecule has 0 radical (unpaired) electrons. The van der Waals surface area contributed by atoms with Crippen LogP contribution in [0.3, 0.4) is 0 Å². The lowest BCUT2D eigenvalue weighted by molar-refractivity contribution is -0.161. The molecule has 0 aromatic carbocycles. The lowest BCUT2D eigenvalue weighted by Gasteiger charge is -2.20. The van der Waals surface area contributed by atoms with Crippen molar-refractivity contribution in [2.24, 2.45) is 0 Å². The Morgan fingerprint density at radius 3 is 1.44 bits per heavy atom. The van der Waals surface area contributed by atoms with Gasteiger partial charge in [0, 0.05) is 19.4 Å². The van der Waals surface area contributed by atoms with Crippen molar-refractivity contribution < 1.29 is 37.6 Å². The Hall–Kier alpha value is -1.51. The first-order chi connectivity index (χ1) is 25.3. The van der Waals surface area contributed by atoms with Gasteiger partial charge in [0.2, 0.25) is 0 Å². The van der Waals surface area contributed by atoms with Crippen molar-refractivity contribution in [3.8, 4) is 0 Å². The first kappa shape index (κ1) is 50.5. The Morgan fingerprint density at radius 2 is 0.981 bits per heavy atom. The van der Waals surface area contributed by atoms with Crippen LogP contribution >= 0.6 is 7.82 Å². The molecule has 0 aliphatic rings. The summed E-state index contributed by atoms with van der Waals surface area (Å²) in [6.07, 6.45) is 39.3. The van der Waals surface area contributed by atoms with Gasteiger partial charge < -0.3 is 19.7 Å². The van der Waals surface area contributed by atoms with Gasteiger partial charge >= 0.3 is 19.8 Å². The molecule has 9 nitrogen and oxygen atoms in total. The van der Waals surface area contributed by atoms with Crippen molar-refractivity contribution in [2.45, 2.75) is 200 Å². The maximum atomic E-state index is 12.6. The van der Waals surface area contributed by atoms with E-state index in [4.69, 9.17) is 18.5 Å². The third-order valence-corrected chi connectivity index (χ3v) is 10.0. The zero-order chi connectivity index (χ0) is 38.2. The Bertz CT molecular complexity index is 912. The number of carbonyl (C=O) groups is 2. The third-order valence-electron chi connectivity index (χ3n) is 9.04. The largest absolute Gasteiger partial charge is 0.472 e. The fourth-order valence-electron chi connectivity index (χ4n) is 5.78. The molecule has 0 spiro atoms. The summed E-state index contributed by atoms with van der Waals surface area (Å²) in [4.78, 5) is 35.0. The lowest BCUT2D eigenvalue weighted by atomic mass is 10.1. The van der Waals surface area contributed by atoms with Crippen LogP contribution in [0.25, 0.3) is 0 Å². The average molecular weight is 758 g/mol. The van der Waals surface area contributed by atoms with E-state index in [1.54, 1.807) is 7.05 Å². The van der Waals surface area contributed by atoms with E-state index in [0.717, 1.165) is 57.8 Å². The van der Waals surface area contributed by atoms with E-state index < -0.39 is 26.5 Å². The molecule has 0 aromatic rings. The summed E-state index contributed by atoms with van der Waals surface area (Å²) in [6, 6.07) is 0. The number of rotatable bonds is 40. The maximum Gasteiger partial charge on any atom is 0.472 e. The van der Waals surface area contributed by atoms with Gasteiger partial charge in [0.25, 0.3) is 0 Å². The number of hydrogen-bond donors (Lipinski definition) is 2. The van der Waals surface area contributed by atoms with Gasteiger partial charge in [-0.25, -0.2) is 4.57 Å². The third kappa shape index (κ3) is 38.2. The number of phosphoric ester groups is 1. The van der Waals surface area contributed by atoms with E-state index in [-0.39, 0.29) is 32.0 Å². The molecule has 0 aliphatic heterocycles. The van der Waals surface area contributed by atoms with E-state index in [0.29, 0.717) is 13.0 Å². The highest BCUT2D eigenvalue weighted by Crippen LogP contribution is 2.43. The molecule has 0 fully saturated rings. The van der Waals surface area contributed by atoms with Crippen molar-refractivity contribution in [1.82, 2.24) is 5.32 Å². The smallest absolute Gasteiger partial charge is 0.462 e. The fourth-order valence-corrected chi connectivity index (χ4v) is 6.53. The molecule has 52 heavy (non-hydrogen) atoms. The molecule has 306 valence electrons. The lowest BCUT2D eigenvalue weighted by Crippen LogP contribution is -2.29. The second-order valence-electron chi connectivity index (χ2n) is 14.2. The van der Waals surface area contributed by atoms with Gasteiger partial charge in [0.15, 0.2) is 6.10 Å². The molecule has 10 heteroatoms. The van der Waals surface area contributed by atoms with Gasteiger partial charge in [0.05, 0.1) is 13.2 Å². The monoisotopic (exact) mass is 758 g/mol. The Morgan fingerprint density at radius 1 is 0.577 bits per heavy atom.